The molecule has 0 radical (unpaired) electrons. The zero-order chi connectivity index (χ0) is 14.9. The van der Waals surface area contributed by atoms with Gasteiger partial charge in [0.1, 0.15) is 16.3 Å². The Labute approximate surface area is 131 Å². The second-order valence-electron chi connectivity index (χ2n) is 5.24. The smallest absolute Gasteiger partial charge is 0.144 e. The lowest BCUT2D eigenvalue weighted by molar-refractivity contribution is 0.626. The molecule has 0 spiro atoms. The van der Waals surface area contributed by atoms with Crippen LogP contribution in [-0.2, 0) is 6.42 Å². The summed E-state index contributed by atoms with van der Waals surface area (Å²) in [6.07, 6.45) is 0.855. The quantitative estimate of drug-likeness (QED) is 0.765. The monoisotopic (exact) mass is 354 g/mol. The zero-order valence-corrected chi connectivity index (χ0v) is 14.0. The molecule has 2 nitrogen and oxygen atoms in total. The Hall–Kier alpha value is -1.07. The summed E-state index contributed by atoms with van der Waals surface area (Å²) in [7, 11) is 0. The Bertz CT molecular complexity index is 695. The Morgan fingerprint density at radius 3 is 2.75 bits per heavy atom. The molecule has 0 saturated carbocycles. The number of aromatic amines is 1. The molecule has 0 saturated heterocycles. The van der Waals surface area contributed by atoms with Gasteiger partial charge in [0.25, 0.3) is 0 Å². The summed E-state index contributed by atoms with van der Waals surface area (Å²) >= 11 is 8.76. The maximum absolute atomic E-state index is 13.4. The SMILES string of the molecule is Cc1ccc(F)cc1-c1nc(=S)c(Br)c(CC(C)C)[nH]1. The van der Waals surface area contributed by atoms with Crippen LogP contribution in [-0.4, -0.2) is 9.97 Å². The van der Waals surface area contributed by atoms with Gasteiger partial charge in [-0.05, 0) is 52.9 Å². The second kappa shape index (κ2) is 6.14. The van der Waals surface area contributed by atoms with E-state index in [1.165, 1.54) is 12.1 Å². The van der Waals surface area contributed by atoms with Gasteiger partial charge in [-0.15, -0.1) is 0 Å². The number of aromatic nitrogens is 2. The Balaban J connectivity index is 2.60. The van der Waals surface area contributed by atoms with Crippen LogP contribution >= 0.6 is 28.1 Å². The minimum absolute atomic E-state index is 0.278. The normalized spacial score (nSPS) is 11.1. The molecule has 106 valence electrons. The van der Waals surface area contributed by atoms with Crippen molar-refractivity contribution in [2.45, 2.75) is 27.2 Å². The summed E-state index contributed by atoms with van der Waals surface area (Å²) in [6.45, 7) is 6.20. The maximum Gasteiger partial charge on any atom is 0.144 e. The van der Waals surface area contributed by atoms with Crippen LogP contribution in [0.15, 0.2) is 22.7 Å². The highest BCUT2D eigenvalue weighted by Gasteiger charge is 2.11. The molecule has 0 aliphatic carbocycles. The molecule has 0 aliphatic rings. The van der Waals surface area contributed by atoms with Crippen LogP contribution in [0.25, 0.3) is 11.4 Å². The molecule has 0 bridgehead atoms. The summed E-state index contributed by atoms with van der Waals surface area (Å²) in [6, 6.07) is 4.67. The molecule has 0 atom stereocenters. The van der Waals surface area contributed by atoms with E-state index in [1.54, 1.807) is 6.07 Å². The molecular weight excluding hydrogens is 339 g/mol. The number of rotatable bonds is 3. The first-order valence-electron chi connectivity index (χ1n) is 6.43. The van der Waals surface area contributed by atoms with Crippen LogP contribution in [0.2, 0.25) is 0 Å². The highest BCUT2D eigenvalue weighted by Crippen LogP contribution is 2.25. The molecule has 2 rings (SSSR count). The first-order chi connectivity index (χ1) is 9.38. The van der Waals surface area contributed by atoms with E-state index in [-0.39, 0.29) is 5.82 Å². The molecule has 0 aliphatic heterocycles. The average molecular weight is 355 g/mol. The summed E-state index contributed by atoms with van der Waals surface area (Å²) in [5.41, 5.74) is 2.70. The highest BCUT2D eigenvalue weighted by atomic mass is 79.9. The van der Waals surface area contributed by atoms with E-state index < -0.39 is 0 Å². The largest absolute Gasteiger partial charge is 0.342 e. The number of benzene rings is 1. The molecule has 1 N–H and O–H groups in total. The van der Waals surface area contributed by atoms with Crippen molar-refractivity contribution in [3.05, 3.63) is 44.4 Å². The molecule has 1 aromatic carbocycles. The van der Waals surface area contributed by atoms with Gasteiger partial charge in [-0.2, -0.15) is 0 Å². The van der Waals surface area contributed by atoms with E-state index in [0.29, 0.717) is 16.4 Å². The van der Waals surface area contributed by atoms with Crippen LogP contribution in [0.5, 0.6) is 0 Å². The van der Waals surface area contributed by atoms with Gasteiger partial charge in [-0.1, -0.05) is 32.1 Å². The number of hydrogen-bond acceptors (Lipinski definition) is 2. The fraction of sp³-hybridized carbons (Fsp3) is 0.333. The minimum atomic E-state index is -0.278. The van der Waals surface area contributed by atoms with Crippen LogP contribution in [0.3, 0.4) is 0 Å². The first-order valence-corrected chi connectivity index (χ1v) is 7.64. The molecule has 5 heteroatoms. The molecule has 0 fully saturated rings. The number of H-pyrrole nitrogens is 1. The van der Waals surface area contributed by atoms with Gasteiger partial charge in [0.05, 0.1) is 4.47 Å². The molecule has 2 aromatic rings. The van der Waals surface area contributed by atoms with Crippen molar-refractivity contribution in [1.82, 2.24) is 9.97 Å². The molecule has 20 heavy (non-hydrogen) atoms. The topological polar surface area (TPSA) is 28.7 Å². The Morgan fingerprint density at radius 2 is 2.10 bits per heavy atom. The predicted molar refractivity (Wildman–Crippen MR) is 85.8 cm³/mol. The number of aryl methyl sites for hydroxylation is 1. The maximum atomic E-state index is 13.4. The summed E-state index contributed by atoms with van der Waals surface area (Å²) in [4.78, 5) is 7.64. The number of hydrogen-bond donors (Lipinski definition) is 1. The van der Waals surface area contributed by atoms with Gasteiger partial charge in [0.15, 0.2) is 0 Å². The third kappa shape index (κ3) is 3.33. The average Bonchev–Trinajstić information content (AvgIpc) is 2.37. The van der Waals surface area contributed by atoms with Crippen LogP contribution in [0.1, 0.15) is 25.1 Å². The number of nitrogens with one attached hydrogen (secondary N) is 1. The lowest BCUT2D eigenvalue weighted by Gasteiger charge is -2.12. The van der Waals surface area contributed by atoms with E-state index in [2.05, 4.69) is 39.7 Å². The van der Waals surface area contributed by atoms with Crippen molar-refractivity contribution in [2.24, 2.45) is 5.92 Å². The van der Waals surface area contributed by atoms with Crippen molar-refractivity contribution in [3.63, 3.8) is 0 Å². The molecule has 0 unspecified atom stereocenters. The zero-order valence-electron chi connectivity index (χ0n) is 11.6. The van der Waals surface area contributed by atoms with E-state index in [0.717, 1.165) is 27.7 Å². The first kappa shape index (κ1) is 15.3. The number of nitrogens with zero attached hydrogens (tertiary/aromatic N) is 1. The lowest BCUT2D eigenvalue weighted by Crippen LogP contribution is -2.03. The summed E-state index contributed by atoms with van der Waals surface area (Å²) < 4.78 is 14.8. The van der Waals surface area contributed by atoms with Crippen molar-refractivity contribution in [1.29, 1.82) is 0 Å². The van der Waals surface area contributed by atoms with Crippen molar-refractivity contribution in [2.75, 3.05) is 0 Å². The van der Waals surface area contributed by atoms with E-state index >= 15 is 0 Å². The van der Waals surface area contributed by atoms with Crippen molar-refractivity contribution >= 4 is 28.1 Å². The molecule has 1 aromatic heterocycles. The van der Waals surface area contributed by atoms with Gasteiger partial charge in [0.2, 0.25) is 0 Å². The van der Waals surface area contributed by atoms with Crippen LogP contribution in [0.4, 0.5) is 4.39 Å². The molecular formula is C15H16BrFN2S. The van der Waals surface area contributed by atoms with Gasteiger partial charge in [0, 0.05) is 11.3 Å². The lowest BCUT2D eigenvalue weighted by atomic mass is 10.1. The standard InChI is InChI=1S/C15H16BrFN2S/c1-8(2)6-12-13(16)15(20)19-14(18-12)11-7-10(17)5-4-9(11)3/h4-5,7-8H,6H2,1-3H3,(H,18,19,20). The van der Waals surface area contributed by atoms with Crippen LogP contribution in [0, 0.1) is 23.3 Å². The van der Waals surface area contributed by atoms with E-state index in [1.807, 2.05) is 6.92 Å². The van der Waals surface area contributed by atoms with Gasteiger partial charge < -0.3 is 4.98 Å². The van der Waals surface area contributed by atoms with Gasteiger partial charge in [-0.25, -0.2) is 9.37 Å². The summed E-state index contributed by atoms with van der Waals surface area (Å²) in [5, 5.41) is 0. The highest BCUT2D eigenvalue weighted by molar-refractivity contribution is 9.10. The summed E-state index contributed by atoms with van der Waals surface area (Å²) in [5.74, 6) is 0.826. The third-order valence-electron chi connectivity index (χ3n) is 3.00. The molecule has 1 heterocycles. The van der Waals surface area contributed by atoms with E-state index in [4.69, 9.17) is 12.2 Å². The Kier molecular flexibility index (Phi) is 4.70. The molecule has 0 amide bonds. The fourth-order valence-electron chi connectivity index (χ4n) is 2.03. The van der Waals surface area contributed by atoms with Crippen molar-refractivity contribution < 1.29 is 4.39 Å². The third-order valence-corrected chi connectivity index (χ3v) is 4.41. The predicted octanol–water partition coefficient (Wildman–Crippen LogP) is 5.21. The fourth-order valence-corrected chi connectivity index (χ4v) is 2.60. The second-order valence-corrected chi connectivity index (χ2v) is 6.42. The Morgan fingerprint density at radius 1 is 1.40 bits per heavy atom. The van der Waals surface area contributed by atoms with Gasteiger partial charge >= 0.3 is 0 Å². The van der Waals surface area contributed by atoms with Gasteiger partial charge in [-0.3, -0.25) is 0 Å². The van der Waals surface area contributed by atoms with E-state index in [9.17, 15) is 4.39 Å². The van der Waals surface area contributed by atoms with Crippen molar-refractivity contribution in [3.8, 4) is 11.4 Å². The minimum Gasteiger partial charge on any atom is -0.342 e. The number of halogens is 2. The van der Waals surface area contributed by atoms with Crippen LogP contribution < -0.4 is 0 Å².